The summed E-state index contributed by atoms with van der Waals surface area (Å²) < 4.78 is 20.9. The minimum atomic E-state index is -0.354. The van der Waals surface area contributed by atoms with Crippen LogP contribution in [0.5, 0.6) is 5.75 Å². The molecule has 0 saturated heterocycles. The Morgan fingerprint density at radius 2 is 1.82 bits per heavy atom. The monoisotopic (exact) mass is 384 g/mol. The molecule has 0 radical (unpaired) electrons. The normalized spacial score (nSPS) is 10.7. The molecule has 0 aliphatic rings. The van der Waals surface area contributed by atoms with Crippen LogP contribution in [-0.2, 0) is 24.8 Å². The summed E-state index contributed by atoms with van der Waals surface area (Å²) in [7, 11) is 3.19. The zero-order chi connectivity index (χ0) is 20.1. The summed E-state index contributed by atoms with van der Waals surface area (Å²) in [5.41, 5.74) is 1.21. The lowest BCUT2D eigenvalue weighted by molar-refractivity contribution is -0.120. The topological polar surface area (TPSA) is 78.2 Å². The molecule has 0 aliphatic carbocycles. The molecule has 0 aliphatic heterocycles. The summed E-state index contributed by atoms with van der Waals surface area (Å²) in [6, 6.07) is 13.0. The Balaban J connectivity index is 1.58. The van der Waals surface area contributed by atoms with Gasteiger partial charge in [0.25, 0.3) is 0 Å². The Bertz CT molecular complexity index is 1010. The minimum absolute atomic E-state index is 0.145. The van der Waals surface area contributed by atoms with Crippen LogP contribution in [0.25, 0.3) is 11.4 Å². The number of benzene rings is 2. The van der Waals surface area contributed by atoms with Crippen molar-refractivity contribution in [3.8, 4) is 17.1 Å². The highest BCUT2D eigenvalue weighted by molar-refractivity contribution is 5.78. The second-order valence-electron chi connectivity index (χ2n) is 6.27. The van der Waals surface area contributed by atoms with Crippen LogP contribution in [0.15, 0.2) is 53.3 Å². The predicted molar refractivity (Wildman–Crippen MR) is 103 cm³/mol. The zero-order valence-corrected chi connectivity index (χ0v) is 15.7. The highest BCUT2D eigenvalue weighted by Gasteiger charge is 2.12. The predicted octanol–water partition coefficient (Wildman–Crippen LogP) is 1.76. The van der Waals surface area contributed by atoms with Gasteiger partial charge in [-0.15, -0.1) is 5.10 Å². The van der Waals surface area contributed by atoms with E-state index in [4.69, 9.17) is 4.74 Å². The maximum absolute atomic E-state index is 13.1. The number of carbonyl (C=O) groups is 1. The molecule has 3 rings (SSSR count). The van der Waals surface area contributed by atoms with E-state index >= 15 is 0 Å². The fourth-order valence-electron chi connectivity index (χ4n) is 2.78. The zero-order valence-electron chi connectivity index (χ0n) is 15.7. The van der Waals surface area contributed by atoms with Gasteiger partial charge >= 0.3 is 5.69 Å². The van der Waals surface area contributed by atoms with Crippen LogP contribution >= 0.6 is 0 Å². The quantitative estimate of drug-likeness (QED) is 0.673. The highest BCUT2D eigenvalue weighted by atomic mass is 19.1. The summed E-state index contributed by atoms with van der Waals surface area (Å²) in [6.07, 6.45) is 0.238. The van der Waals surface area contributed by atoms with E-state index in [1.165, 1.54) is 21.4 Å². The number of aromatic nitrogens is 3. The van der Waals surface area contributed by atoms with Gasteiger partial charge in [-0.05, 0) is 42.0 Å². The number of ether oxygens (including phenoxy) is 1. The minimum Gasteiger partial charge on any atom is -0.497 e. The van der Waals surface area contributed by atoms with E-state index in [1.807, 2.05) is 12.1 Å². The first-order chi connectivity index (χ1) is 13.5. The lowest BCUT2D eigenvalue weighted by Gasteiger charge is -2.06. The molecule has 1 aromatic heterocycles. The third-order valence-corrected chi connectivity index (χ3v) is 4.31. The van der Waals surface area contributed by atoms with E-state index in [1.54, 1.807) is 38.4 Å². The van der Waals surface area contributed by atoms with Gasteiger partial charge in [-0.25, -0.2) is 13.9 Å². The Kier molecular flexibility index (Phi) is 5.88. The van der Waals surface area contributed by atoms with Crippen LogP contribution in [-0.4, -0.2) is 33.9 Å². The number of hydrogen-bond donors (Lipinski definition) is 1. The smallest absolute Gasteiger partial charge is 0.345 e. The molecular formula is C20H21FN4O3. The van der Waals surface area contributed by atoms with E-state index in [-0.39, 0.29) is 36.9 Å². The van der Waals surface area contributed by atoms with Crippen molar-refractivity contribution in [3.05, 3.63) is 70.4 Å². The van der Waals surface area contributed by atoms with Gasteiger partial charge in [0.2, 0.25) is 5.91 Å². The van der Waals surface area contributed by atoms with Crippen molar-refractivity contribution < 1.29 is 13.9 Å². The first kappa shape index (κ1) is 19.3. The van der Waals surface area contributed by atoms with Crippen LogP contribution in [0, 0.1) is 5.82 Å². The molecular weight excluding hydrogens is 363 g/mol. The first-order valence-corrected chi connectivity index (χ1v) is 8.77. The van der Waals surface area contributed by atoms with Crippen LogP contribution in [0.3, 0.4) is 0 Å². The van der Waals surface area contributed by atoms with E-state index in [0.717, 1.165) is 11.3 Å². The maximum atomic E-state index is 13.1. The van der Waals surface area contributed by atoms with Crippen LogP contribution in [0.2, 0.25) is 0 Å². The second-order valence-corrected chi connectivity index (χ2v) is 6.27. The molecule has 0 fully saturated rings. The van der Waals surface area contributed by atoms with Crippen LogP contribution in [0.1, 0.15) is 5.56 Å². The molecule has 1 N–H and O–H groups in total. The molecule has 7 nitrogen and oxygen atoms in total. The summed E-state index contributed by atoms with van der Waals surface area (Å²) in [5, 5.41) is 7.07. The summed E-state index contributed by atoms with van der Waals surface area (Å²) >= 11 is 0. The number of hydrogen-bond acceptors (Lipinski definition) is 4. The standard InChI is InChI=1S/C20H21FN4O3/c1-24-19(15-5-7-16(21)8-6-15)23-25(20(24)27)12-11-22-18(26)13-14-3-9-17(28-2)10-4-14/h3-10H,11-13H2,1-2H3,(H,22,26). The van der Waals surface area contributed by atoms with E-state index in [9.17, 15) is 14.0 Å². The van der Waals surface area contributed by atoms with Gasteiger partial charge in [0.1, 0.15) is 11.6 Å². The van der Waals surface area contributed by atoms with Crippen LogP contribution < -0.4 is 15.7 Å². The SMILES string of the molecule is COc1ccc(CC(=O)NCCn2nc(-c3ccc(F)cc3)n(C)c2=O)cc1. The number of amides is 1. The average molecular weight is 384 g/mol. The molecule has 28 heavy (non-hydrogen) atoms. The maximum Gasteiger partial charge on any atom is 0.345 e. The number of methoxy groups -OCH3 is 1. The first-order valence-electron chi connectivity index (χ1n) is 8.77. The second kappa shape index (κ2) is 8.51. The summed E-state index contributed by atoms with van der Waals surface area (Å²) in [5.74, 6) is 0.672. The van der Waals surface area contributed by atoms with E-state index in [2.05, 4.69) is 10.4 Å². The number of carbonyl (C=O) groups excluding carboxylic acids is 1. The number of nitrogens with one attached hydrogen (secondary N) is 1. The van der Waals surface area contributed by atoms with Crippen LogP contribution in [0.4, 0.5) is 4.39 Å². The van der Waals surface area contributed by atoms with E-state index in [0.29, 0.717) is 11.4 Å². The molecule has 0 saturated carbocycles. The Labute approximate surface area is 161 Å². The van der Waals surface area contributed by atoms with Gasteiger partial charge in [0, 0.05) is 19.2 Å². The molecule has 1 heterocycles. The Morgan fingerprint density at radius 1 is 1.14 bits per heavy atom. The van der Waals surface area contributed by atoms with Crippen molar-refractivity contribution >= 4 is 5.91 Å². The third-order valence-electron chi connectivity index (χ3n) is 4.31. The lowest BCUT2D eigenvalue weighted by Crippen LogP contribution is -2.32. The van der Waals surface area contributed by atoms with Gasteiger partial charge in [0.15, 0.2) is 5.82 Å². The number of rotatable bonds is 7. The molecule has 2 aromatic carbocycles. The molecule has 0 bridgehead atoms. The van der Waals surface area contributed by atoms with Gasteiger partial charge in [-0.2, -0.15) is 0 Å². The van der Waals surface area contributed by atoms with Crippen molar-refractivity contribution in [1.29, 1.82) is 0 Å². The van der Waals surface area contributed by atoms with Gasteiger partial charge in [-0.1, -0.05) is 12.1 Å². The molecule has 0 atom stereocenters. The summed E-state index contributed by atoms with van der Waals surface area (Å²) in [6.45, 7) is 0.511. The third kappa shape index (κ3) is 4.46. The van der Waals surface area contributed by atoms with Gasteiger partial charge in [0.05, 0.1) is 20.1 Å². The molecule has 146 valence electrons. The van der Waals surface area contributed by atoms with E-state index < -0.39 is 0 Å². The molecule has 1 amide bonds. The van der Waals surface area contributed by atoms with Crippen molar-refractivity contribution in [2.45, 2.75) is 13.0 Å². The fourth-order valence-corrected chi connectivity index (χ4v) is 2.78. The lowest BCUT2D eigenvalue weighted by atomic mass is 10.1. The van der Waals surface area contributed by atoms with Crippen molar-refractivity contribution in [2.75, 3.05) is 13.7 Å². The van der Waals surface area contributed by atoms with Gasteiger partial charge < -0.3 is 10.1 Å². The largest absolute Gasteiger partial charge is 0.497 e. The Morgan fingerprint density at radius 3 is 2.46 bits per heavy atom. The molecule has 0 spiro atoms. The number of halogens is 1. The molecule has 0 unspecified atom stereocenters. The average Bonchev–Trinajstić information content (AvgIpc) is 2.98. The van der Waals surface area contributed by atoms with Crippen molar-refractivity contribution in [3.63, 3.8) is 0 Å². The summed E-state index contributed by atoms with van der Waals surface area (Å²) in [4.78, 5) is 24.4. The number of nitrogens with zero attached hydrogens (tertiary/aromatic N) is 3. The van der Waals surface area contributed by atoms with Crippen molar-refractivity contribution in [1.82, 2.24) is 19.7 Å². The molecule has 8 heteroatoms. The fraction of sp³-hybridized carbons (Fsp3) is 0.250. The molecule has 3 aromatic rings. The van der Waals surface area contributed by atoms with Crippen molar-refractivity contribution in [2.24, 2.45) is 7.05 Å². The van der Waals surface area contributed by atoms with Gasteiger partial charge in [-0.3, -0.25) is 9.36 Å². The Hall–Kier alpha value is -3.42. The highest BCUT2D eigenvalue weighted by Crippen LogP contribution is 2.15.